The zero-order valence-electron chi connectivity index (χ0n) is 65.4. The number of hydrogen-bond donors (Lipinski definition) is 12. The number of allylic oxidation sites excluding steroid dienone is 13. The third-order valence-corrected chi connectivity index (χ3v) is 20.7. The Balaban J connectivity index is 1.36. The Kier molecular flexibility index (Phi) is 60.1. The standard InChI is InChI=1S/C86H153NO18/c1-3-5-7-9-11-13-15-17-19-21-23-25-27-29-31-32-33-34-35-36-38-40-42-44-46-48-50-52-54-56-58-60-62-64-74(92)87-69(70(91)63-61-59-57-55-53-51-49-47-45-43-41-39-37-30-28-26-24-22-20-18-16-14-12-10-8-6-4-2)68-100-84-80(98)77(95)82(72(66-89)102-84)105-86-81(99)78(96)83(73(67-90)103-86)104-85-79(97)76(94)75(93)71(65-88)101-85/h5,7,11,13,17,19,23,25,45,47,53,55,61,63,69-73,75-86,88-91,93-99H,3-4,6,8-10,12,14-16,18,20-22,24,26-44,46,48-52,54,56-60,62,64-68H2,1-2H3,(H,87,92)/b7-5-,13-11-,19-17-,25-23-,47-45+,55-53+,63-61+. The number of amides is 1. The average molecular weight is 1490 g/mol. The molecule has 3 rings (SSSR count). The SMILES string of the molecule is CC/C=C\C/C=C\C/C=C\C/C=C\CCCCCCCCCCCCCCCCCCCCCCC(=O)NC(COC1OC(CO)C(OC2OC(CO)C(OC3OC(CO)C(O)C(O)C3O)C(O)C2O)C(O)C1O)C(O)/C=C/CC/C=C/CC/C=C/CCCCCCCCCCCCCCCCCCC. The summed E-state index contributed by atoms with van der Waals surface area (Å²) in [4.78, 5) is 13.5. The third-order valence-electron chi connectivity index (χ3n) is 20.7. The molecule has 0 aromatic carbocycles. The van der Waals surface area contributed by atoms with E-state index in [9.17, 15) is 61.0 Å². The van der Waals surface area contributed by atoms with Crippen LogP contribution < -0.4 is 5.32 Å². The van der Waals surface area contributed by atoms with Gasteiger partial charge in [0.05, 0.1) is 38.6 Å². The van der Waals surface area contributed by atoms with Gasteiger partial charge in [0.1, 0.15) is 73.2 Å². The summed E-state index contributed by atoms with van der Waals surface area (Å²) in [5, 5.41) is 121. The van der Waals surface area contributed by atoms with E-state index in [1.165, 1.54) is 218 Å². The average Bonchev–Trinajstić information content (AvgIpc) is 0.780. The molecule has 0 aromatic rings. The van der Waals surface area contributed by atoms with Crippen molar-refractivity contribution in [1.82, 2.24) is 5.32 Å². The molecule has 105 heavy (non-hydrogen) atoms. The Morgan fingerprint density at radius 3 is 1.07 bits per heavy atom. The van der Waals surface area contributed by atoms with Crippen LogP contribution in [0.5, 0.6) is 0 Å². The molecule has 1 amide bonds. The molecule has 0 radical (unpaired) electrons. The predicted octanol–water partition coefficient (Wildman–Crippen LogP) is 15.0. The Labute approximate surface area is 635 Å². The van der Waals surface area contributed by atoms with E-state index in [-0.39, 0.29) is 18.9 Å². The minimum absolute atomic E-state index is 0.231. The van der Waals surface area contributed by atoms with Crippen molar-refractivity contribution in [2.45, 2.75) is 426 Å². The molecule has 0 spiro atoms. The van der Waals surface area contributed by atoms with Crippen molar-refractivity contribution >= 4 is 5.91 Å². The molecule has 0 aliphatic carbocycles. The minimum Gasteiger partial charge on any atom is -0.394 e. The van der Waals surface area contributed by atoms with Gasteiger partial charge in [-0.05, 0) is 83.5 Å². The maximum Gasteiger partial charge on any atom is 0.220 e. The quantitative estimate of drug-likeness (QED) is 0.0199. The second kappa shape index (κ2) is 65.7. The van der Waals surface area contributed by atoms with Crippen molar-refractivity contribution in [3.63, 3.8) is 0 Å². The molecule has 0 bridgehead atoms. The molecule has 3 aliphatic heterocycles. The van der Waals surface area contributed by atoms with E-state index in [0.717, 1.165) is 70.6 Å². The van der Waals surface area contributed by atoms with Crippen LogP contribution in [0.1, 0.15) is 322 Å². The lowest BCUT2D eigenvalue weighted by molar-refractivity contribution is -0.379. The van der Waals surface area contributed by atoms with Crippen molar-refractivity contribution in [2.24, 2.45) is 0 Å². The lowest BCUT2D eigenvalue weighted by Gasteiger charge is -2.48. The Bertz CT molecular complexity index is 2230. The first-order valence-electron chi connectivity index (χ1n) is 42.3. The zero-order chi connectivity index (χ0) is 76.0. The summed E-state index contributed by atoms with van der Waals surface area (Å²) in [5.74, 6) is -0.286. The van der Waals surface area contributed by atoms with Crippen molar-refractivity contribution in [1.29, 1.82) is 0 Å². The van der Waals surface area contributed by atoms with E-state index in [4.69, 9.17) is 28.4 Å². The second-order valence-corrected chi connectivity index (χ2v) is 29.9. The molecule has 19 nitrogen and oxygen atoms in total. The molecule has 0 aromatic heterocycles. The summed E-state index contributed by atoms with van der Waals surface area (Å²) in [6, 6.07) is -1.00. The van der Waals surface area contributed by atoms with Gasteiger partial charge in [-0.1, -0.05) is 317 Å². The number of aliphatic hydroxyl groups is 11. The van der Waals surface area contributed by atoms with E-state index in [2.05, 4.69) is 92.1 Å². The summed E-state index contributed by atoms with van der Waals surface area (Å²) >= 11 is 0. The topological polar surface area (TPSA) is 307 Å². The second-order valence-electron chi connectivity index (χ2n) is 29.9. The number of hydrogen-bond acceptors (Lipinski definition) is 18. The smallest absolute Gasteiger partial charge is 0.220 e. The minimum atomic E-state index is -1.99. The van der Waals surface area contributed by atoms with Crippen molar-refractivity contribution < 1.29 is 89.4 Å². The number of carbonyl (C=O) groups excluding carboxylic acids is 1. The van der Waals surface area contributed by atoms with Crippen molar-refractivity contribution in [3.05, 3.63) is 85.1 Å². The number of nitrogens with one attached hydrogen (secondary N) is 1. The molecule has 19 heteroatoms. The number of ether oxygens (including phenoxy) is 6. The first-order chi connectivity index (χ1) is 51.3. The fourth-order valence-electron chi connectivity index (χ4n) is 13.9. The zero-order valence-corrected chi connectivity index (χ0v) is 65.4. The maximum atomic E-state index is 13.5. The number of unbranched alkanes of at least 4 members (excludes halogenated alkanes) is 39. The molecule has 17 unspecified atom stereocenters. The lowest BCUT2D eigenvalue weighted by Crippen LogP contribution is -2.66. The van der Waals surface area contributed by atoms with Crippen LogP contribution >= 0.6 is 0 Å². The fourth-order valence-corrected chi connectivity index (χ4v) is 13.9. The van der Waals surface area contributed by atoms with Gasteiger partial charge >= 0.3 is 0 Å². The van der Waals surface area contributed by atoms with Crippen LogP contribution in [0.25, 0.3) is 0 Å². The van der Waals surface area contributed by atoms with Crippen LogP contribution in [0.15, 0.2) is 85.1 Å². The normalized spacial score (nSPS) is 26.2. The van der Waals surface area contributed by atoms with Gasteiger partial charge in [-0.15, -0.1) is 0 Å². The largest absolute Gasteiger partial charge is 0.394 e. The highest BCUT2D eigenvalue weighted by atomic mass is 16.8. The van der Waals surface area contributed by atoms with Gasteiger partial charge < -0.3 is 89.9 Å². The summed E-state index contributed by atoms with van der Waals surface area (Å²) < 4.78 is 34.5. The van der Waals surface area contributed by atoms with Gasteiger partial charge in [-0.2, -0.15) is 0 Å². The Morgan fingerprint density at radius 2 is 0.667 bits per heavy atom. The fraction of sp³-hybridized carbons (Fsp3) is 0.826. The van der Waals surface area contributed by atoms with Crippen LogP contribution in [0.2, 0.25) is 0 Å². The summed E-state index contributed by atoms with van der Waals surface area (Å²) in [5.41, 5.74) is 0. The Morgan fingerprint density at radius 1 is 0.352 bits per heavy atom. The van der Waals surface area contributed by atoms with Gasteiger partial charge in [-0.25, -0.2) is 0 Å². The molecular formula is C86H153NO18. The van der Waals surface area contributed by atoms with Gasteiger partial charge in [0, 0.05) is 6.42 Å². The molecular weight excluding hydrogens is 1330 g/mol. The highest BCUT2D eigenvalue weighted by molar-refractivity contribution is 5.76. The van der Waals surface area contributed by atoms with E-state index in [1.54, 1.807) is 6.08 Å². The van der Waals surface area contributed by atoms with Crippen LogP contribution in [0.4, 0.5) is 0 Å². The summed E-state index contributed by atoms with van der Waals surface area (Å²) in [7, 11) is 0. The van der Waals surface area contributed by atoms with E-state index < -0.39 is 124 Å². The molecule has 3 aliphatic rings. The first kappa shape index (κ1) is 96.2. The number of aliphatic hydroxyl groups excluding tert-OH is 11. The molecule has 610 valence electrons. The van der Waals surface area contributed by atoms with Crippen LogP contribution in [-0.2, 0) is 33.2 Å². The Hall–Kier alpha value is -3.03. The molecule has 17 atom stereocenters. The molecule has 12 N–H and O–H groups in total. The van der Waals surface area contributed by atoms with E-state index in [0.29, 0.717) is 12.8 Å². The van der Waals surface area contributed by atoms with Crippen LogP contribution in [-0.4, -0.2) is 193 Å². The molecule has 3 saturated heterocycles. The monoisotopic (exact) mass is 1490 g/mol. The highest BCUT2D eigenvalue weighted by Crippen LogP contribution is 2.33. The van der Waals surface area contributed by atoms with Gasteiger partial charge in [0.15, 0.2) is 18.9 Å². The molecule has 3 heterocycles. The van der Waals surface area contributed by atoms with Crippen molar-refractivity contribution in [3.8, 4) is 0 Å². The van der Waals surface area contributed by atoms with Crippen LogP contribution in [0.3, 0.4) is 0 Å². The van der Waals surface area contributed by atoms with Gasteiger partial charge in [-0.3, -0.25) is 4.79 Å². The summed E-state index contributed by atoms with van der Waals surface area (Å²) in [6.45, 7) is 1.64. The number of rotatable bonds is 67. The summed E-state index contributed by atoms with van der Waals surface area (Å²) in [6.07, 6.45) is 61.5. The maximum absolute atomic E-state index is 13.5. The predicted molar refractivity (Wildman–Crippen MR) is 420 cm³/mol. The van der Waals surface area contributed by atoms with E-state index >= 15 is 0 Å². The highest BCUT2D eigenvalue weighted by Gasteiger charge is 2.54. The van der Waals surface area contributed by atoms with Gasteiger partial charge in [0.25, 0.3) is 0 Å². The first-order valence-corrected chi connectivity index (χ1v) is 42.3. The third kappa shape index (κ3) is 45.2. The number of carbonyl (C=O) groups is 1. The van der Waals surface area contributed by atoms with E-state index in [1.807, 2.05) is 6.08 Å². The molecule has 0 saturated carbocycles. The van der Waals surface area contributed by atoms with Crippen molar-refractivity contribution in [2.75, 3.05) is 26.4 Å². The lowest BCUT2D eigenvalue weighted by atomic mass is 9.96. The van der Waals surface area contributed by atoms with Crippen LogP contribution in [0, 0.1) is 0 Å². The van der Waals surface area contributed by atoms with Gasteiger partial charge in [0.2, 0.25) is 5.91 Å². The molecule has 3 fully saturated rings.